The third kappa shape index (κ3) is 5.28. The second-order valence-corrected chi connectivity index (χ2v) is 6.09. The van der Waals surface area contributed by atoms with E-state index in [0.717, 1.165) is 17.7 Å². The Kier molecular flexibility index (Phi) is 5.99. The largest absolute Gasteiger partial charge is 0.484 e. The number of ether oxygens (including phenoxy) is 1. The molecule has 27 heavy (non-hydrogen) atoms. The lowest BCUT2D eigenvalue weighted by molar-refractivity contribution is -0.118. The molecule has 6 heteroatoms. The van der Waals surface area contributed by atoms with E-state index in [4.69, 9.17) is 4.74 Å². The lowest BCUT2D eigenvalue weighted by Crippen LogP contribution is -2.21. The molecule has 0 saturated heterocycles. The van der Waals surface area contributed by atoms with Gasteiger partial charge in [-0.3, -0.25) is 4.79 Å². The number of aromatic nitrogens is 2. The summed E-state index contributed by atoms with van der Waals surface area (Å²) < 4.78 is 5.45. The number of carbonyl (C=O) groups excluding carboxylic acids is 1. The van der Waals surface area contributed by atoms with Crippen molar-refractivity contribution in [3.8, 4) is 5.75 Å². The fourth-order valence-electron chi connectivity index (χ4n) is 2.52. The molecule has 3 aromatic rings. The molecule has 2 aromatic carbocycles. The summed E-state index contributed by atoms with van der Waals surface area (Å²) in [4.78, 5) is 12.0. The SMILES string of the molecule is CCc1ccccc1Nc1ccc(NC(=O)COc2ccc(C)cc2)nn1. The van der Waals surface area contributed by atoms with Crippen molar-refractivity contribution in [1.82, 2.24) is 10.2 Å². The predicted molar refractivity (Wildman–Crippen MR) is 106 cm³/mol. The molecule has 138 valence electrons. The molecule has 3 rings (SSSR count). The molecule has 0 bridgehead atoms. The Labute approximate surface area is 158 Å². The Balaban J connectivity index is 1.54. The van der Waals surface area contributed by atoms with Crippen molar-refractivity contribution in [2.75, 3.05) is 17.2 Å². The number of amides is 1. The normalized spacial score (nSPS) is 10.3. The van der Waals surface area contributed by atoms with Crippen LogP contribution in [0.3, 0.4) is 0 Å². The van der Waals surface area contributed by atoms with Gasteiger partial charge in [0, 0.05) is 5.69 Å². The monoisotopic (exact) mass is 362 g/mol. The number of carbonyl (C=O) groups is 1. The Morgan fingerprint density at radius 2 is 1.67 bits per heavy atom. The standard InChI is InChI=1S/C21H22N4O2/c1-3-16-6-4-5-7-18(16)22-19-12-13-20(25-24-19)23-21(26)14-27-17-10-8-15(2)9-11-17/h4-13H,3,14H2,1-2H3,(H,22,24)(H,23,25,26). The van der Waals surface area contributed by atoms with Crippen molar-refractivity contribution in [3.63, 3.8) is 0 Å². The first-order valence-corrected chi connectivity index (χ1v) is 8.82. The summed E-state index contributed by atoms with van der Waals surface area (Å²) in [7, 11) is 0. The quantitative estimate of drug-likeness (QED) is 0.661. The first kappa shape index (κ1) is 18.4. The van der Waals surface area contributed by atoms with Gasteiger partial charge >= 0.3 is 0 Å². The van der Waals surface area contributed by atoms with Crippen LogP contribution in [0.25, 0.3) is 0 Å². The summed E-state index contributed by atoms with van der Waals surface area (Å²) in [5, 5.41) is 14.1. The lowest BCUT2D eigenvalue weighted by Gasteiger charge is -2.10. The maximum absolute atomic E-state index is 12.0. The van der Waals surface area contributed by atoms with Crippen molar-refractivity contribution < 1.29 is 9.53 Å². The molecule has 0 aliphatic heterocycles. The summed E-state index contributed by atoms with van der Waals surface area (Å²) in [6.45, 7) is 4.01. The molecule has 0 spiro atoms. The van der Waals surface area contributed by atoms with Crippen molar-refractivity contribution in [1.29, 1.82) is 0 Å². The molecular weight excluding hydrogens is 340 g/mol. The number of para-hydroxylation sites is 1. The Morgan fingerprint density at radius 3 is 2.37 bits per heavy atom. The number of nitrogens with one attached hydrogen (secondary N) is 2. The number of nitrogens with zero attached hydrogens (tertiary/aromatic N) is 2. The van der Waals surface area contributed by atoms with Crippen LogP contribution in [-0.4, -0.2) is 22.7 Å². The van der Waals surface area contributed by atoms with E-state index in [1.807, 2.05) is 49.4 Å². The zero-order chi connectivity index (χ0) is 19.1. The second kappa shape index (κ2) is 8.80. The van der Waals surface area contributed by atoms with Crippen molar-refractivity contribution in [3.05, 3.63) is 71.8 Å². The predicted octanol–water partition coefficient (Wildman–Crippen LogP) is 4.11. The van der Waals surface area contributed by atoms with Crippen LogP contribution in [-0.2, 0) is 11.2 Å². The average molecular weight is 362 g/mol. The molecule has 1 amide bonds. The Hall–Kier alpha value is -3.41. The number of hydrogen-bond donors (Lipinski definition) is 2. The second-order valence-electron chi connectivity index (χ2n) is 6.09. The van der Waals surface area contributed by atoms with Crippen LogP contribution >= 0.6 is 0 Å². The topological polar surface area (TPSA) is 76.1 Å². The van der Waals surface area contributed by atoms with Crippen LogP contribution in [0.15, 0.2) is 60.7 Å². The zero-order valence-electron chi connectivity index (χ0n) is 15.4. The Morgan fingerprint density at radius 1 is 0.963 bits per heavy atom. The van der Waals surface area contributed by atoms with Crippen LogP contribution in [0, 0.1) is 6.92 Å². The molecule has 2 N–H and O–H groups in total. The number of rotatable bonds is 7. The van der Waals surface area contributed by atoms with E-state index in [1.54, 1.807) is 12.1 Å². The number of anilines is 3. The molecule has 0 saturated carbocycles. The Bertz CT molecular complexity index is 893. The van der Waals surface area contributed by atoms with Gasteiger partial charge in [-0.05, 0) is 49.2 Å². The van der Waals surface area contributed by atoms with Gasteiger partial charge in [0.15, 0.2) is 18.2 Å². The van der Waals surface area contributed by atoms with Crippen LogP contribution in [0.1, 0.15) is 18.1 Å². The van der Waals surface area contributed by atoms with E-state index in [0.29, 0.717) is 17.4 Å². The fourth-order valence-corrected chi connectivity index (χ4v) is 2.52. The van der Waals surface area contributed by atoms with E-state index in [1.165, 1.54) is 5.56 Å². The van der Waals surface area contributed by atoms with Crippen molar-refractivity contribution in [2.24, 2.45) is 0 Å². The molecule has 0 radical (unpaired) electrons. The molecule has 0 atom stereocenters. The summed E-state index contributed by atoms with van der Waals surface area (Å²) in [5.74, 6) is 1.35. The molecule has 0 aliphatic rings. The fraction of sp³-hybridized carbons (Fsp3) is 0.190. The summed E-state index contributed by atoms with van der Waals surface area (Å²) in [6.07, 6.45) is 0.922. The minimum atomic E-state index is -0.290. The summed E-state index contributed by atoms with van der Waals surface area (Å²) in [6, 6.07) is 19.0. The lowest BCUT2D eigenvalue weighted by atomic mass is 10.1. The smallest absolute Gasteiger partial charge is 0.263 e. The first-order chi connectivity index (χ1) is 13.1. The van der Waals surface area contributed by atoms with Crippen LogP contribution in [0.5, 0.6) is 5.75 Å². The highest BCUT2D eigenvalue weighted by molar-refractivity contribution is 5.90. The summed E-state index contributed by atoms with van der Waals surface area (Å²) in [5.41, 5.74) is 3.33. The van der Waals surface area contributed by atoms with Gasteiger partial charge in [-0.25, -0.2) is 0 Å². The molecule has 6 nitrogen and oxygen atoms in total. The summed E-state index contributed by atoms with van der Waals surface area (Å²) >= 11 is 0. The first-order valence-electron chi connectivity index (χ1n) is 8.82. The van der Waals surface area contributed by atoms with Crippen LogP contribution in [0.2, 0.25) is 0 Å². The molecule has 1 heterocycles. The van der Waals surface area contributed by atoms with Gasteiger partial charge in [-0.1, -0.05) is 42.8 Å². The molecule has 0 fully saturated rings. The number of aryl methyl sites for hydroxylation is 2. The van der Waals surface area contributed by atoms with Crippen molar-refractivity contribution >= 4 is 23.2 Å². The van der Waals surface area contributed by atoms with E-state index in [-0.39, 0.29) is 12.5 Å². The van der Waals surface area contributed by atoms with Gasteiger partial charge in [0.2, 0.25) is 0 Å². The molecular formula is C21H22N4O2. The van der Waals surface area contributed by atoms with E-state index in [2.05, 4.69) is 33.8 Å². The van der Waals surface area contributed by atoms with Gasteiger partial charge in [-0.15, -0.1) is 10.2 Å². The van der Waals surface area contributed by atoms with Gasteiger partial charge in [0.05, 0.1) is 0 Å². The van der Waals surface area contributed by atoms with Gasteiger partial charge in [-0.2, -0.15) is 0 Å². The minimum Gasteiger partial charge on any atom is -0.484 e. The number of benzene rings is 2. The maximum atomic E-state index is 12.0. The van der Waals surface area contributed by atoms with Gasteiger partial charge < -0.3 is 15.4 Å². The maximum Gasteiger partial charge on any atom is 0.263 e. The van der Waals surface area contributed by atoms with E-state index < -0.39 is 0 Å². The third-order valence-electron chi connectivity index (χ3n) is 3.98. The molecule has 1 aromatic heterocycles. The van der Waals surface area contributed by atoms with Gasteiger partial charge in [0.25, 0.3) is 5.91 Å². The third-order valence-corrected chi connectivity index (χ3v) is 3.98. The van der Waals surface area contributed by atoms with Crippen LogP contribution < -0.4 is 15.4 Å². The highest BCUT2D eigenvalue weighted by Crippen LogP contribution is 2.20. The van der Waals surface area contributed by atoms with Gasteiger partial charge in [0.1, 0.15) is 5.75 Å². The minimum absolute atomic E-state index is 0.0887. The molecule has 0 unspecified atom stereocenters. The highest BCUT2D eigenvalue weighted by atomic mass is 16.5. The average Bonchev–Trinajstić information content (AvgIpc) is 2.69. The highest BCUT2D eigenvalue weighted by Gasteiger charge is 2.06. The number of hydrogen-bond acceptors (Lipinski definition) is 5. The van der Waals surface area contributed by atoms with E-state index in [9.17, 15) is 4.79 Å². The molecule has 0 aliphatic carbocycles. The van der Waals surface area contributed by atoms with E-state index >= 15 is 0 Å². The van der Waals surface area contributed by atoms with Crippen LogP contribution in [0.4, 0.5) is 17.3 Å². The zero-order valence-corrected chi connectivity index (χ0v) is 15.4. The van der Waals surface area contributed by atoms with Crippen molar-refractivity contribution in [2.45, 2.75) is 20.3 Å².